The summed E-state index contributed by atoms with van der Waals surface area (Å²) in [6.07, 6.45) is 1.29. The predicted octanol–water partition coefficient (Wildman–Crippen LogP) is 0.590. The first-order chi connectivity index (χ1) is 8.93. The van der Waals surface area contributed by atoms with Crippen LogP contribution in [0, 0.1) is 6.92 Å². The minimum atomic E-state index is -3.11. The van der Waals surface area contributed by atoms with Gasteiger partial charge in [0.05, 0.1) is 18.7 Å². The fourth-order valence-electron chi connectivity index (χ4n) is 1.53. The molecule has 2 aromatic heterocycles. The molecule has 2 aromatic rings. The minimum Gasteiger partial charge on any atom is -0.346 e. The maximum atomic E-state index is 12.9. The third kappa shape index (κ3) is 2.84. The topological polar surface area (TPSA) is 96.7 Å². The molecule has 0 aliphatic heterocycles. The summed E-state index contributed by atoms with van der Waals surface area (Å²) >= 11 is 0. The molecule has 0 atom stereocenters. The van der Waals surface area contributed by atoms with Crippen molar-refractivity contribution < 1.29 is 13.6 Å². The lowest BCUT2D eigenvalue weighted by atomic mass is 10.2. The molecule has 2 rings (SSSR count). The van der Waals surface area contributed by atoms with Crippen molar-refractivity contribution in [3.05, 3.63) is 23.5 Å². The number of H-pyrrole nitrogens is 1. The Morgan fingerprint density at radius 1 is 1.58 bits per heavy atom. The van der Waals surface area contributed by atoms with E-state index >= 15 is 0 Å². The predicted molar refractivity (Wildman–Crippen MR) is 65.0 cm³/mol. The highest BCUT2D eigenvalue weighted by atomic mass is 19.3. The Kier molecular flexibility index (Phi) is 3.43. The number of halogens is 2. The first-order valence-electron chi connectivity index (χ1n) is 5.60. The maximum absolute atomic E-state index is 12.9. The zero-order valence-electron chi connectivity index (χ0n) is 10.2. The van der Waals surface area contributed by atoms with Gasteiger partial charge in [-0.2, -0.15) is 5.10 Å². The smallest absolute Gasteiger partial charge is 0.277 e. The van der Waals surface area contributed by atoms with Crippen molar-refractivity contribution in [2.75, 3.05) is 13.1 Å². The van der Waals surface area contributed by atoms with Crippen LogP contribution in [0.15, 0.2) is 12.3 Å². The lowest BCUT2D eigenvalue weighted by molar-refractivity contribution is 0.0118. The van der Waals surface area contributed by atoms with Gasteiger partial charge in [-0.25, -0.2) is 13.8 Å². The van der Waals surface area contributed by atoms with E-state index in [1.807, 2.05) is 0 Å². The Morgan fingerprint density at radius 2 is 2.32 bits per heavy atom. The molecule has 0 bridgehead atoms. The number of aromatic amines is 1. The van der Waals surface area contributed by atoms with Crippen LogP contribution < -0.4 is 11.1 Å². The number of nitrogens with zero attached hydrogens (tertiary/aromatic N) is 2. The molecule has 0 aliphatic rings. The Balaban J connectivity index is 2.15. The number of aryl methyl sites for hydroxylation is 1. The summed E-state index contributed by atoms with van der Waals surface area (Å²) in [6.45, 7) is 0.164. The quantitative estimate of drug-likeness (QED) is 0.756. The van der Waals surface area contributed by atoms with Gasteiger partial charge in [0.1, 0.15) is 0 Å². The van der Waals surface area contributed by atoms with Crippen LogP contribution in [0.4, 0.5) is 8.78 Å². The molecular weight excluding hydrogens is 256 g/mol. The summed E-state index contributed by atoms with van der Waals surface area (Å²) in [4.78, 5) is 15.7. The summed E-state index contributed by atoms with van der Waals surface area (Å²) in [7, 11) is 0. The molecule has 0 aliphatic carbocycles. The van der Waals surface area contributed by atoms with E-state index < -0.39 is 24.9 Å². The number of hydrogen-bond donors (Lipinski definition) is 3. The van der Waals surface area contributed by atoms with Gasteiger partial charge < -0.3 is 11.1 Å². The van der Waals surface area contributed by atoms with Gasteiger partial charge in [-0.3, -0.25) is 9.89 Å². The van der Waals surface area contributed by atoms with Gasteiger partial charge in [0, 0.05) is 17.3 Å². The summed E-state index contributed by atoms with van der Waals surface area (Å²) < 4.78 is 25.9. The lowest BCUT2D eigenvalue weighted by Crippen LogP contribution is -2.41. The summed E-state index contributed by atoms with van der Waals surface area (Å²) in [5.74, 6) is -3.73. The molecule has 0 spiro atoms. The third-order valence-electron chi connectivity index (χ3n) is 2.67. The molecule has 0 saturated carbocycles. The summed E-state index contributed by atoms with van der Waals surface area (Å²) in [6, 6.07) is 1.55. The number of nitrogens with one attached hydrogen (secondary N) is 2. The summed E-state index contributed by atoms with van der Waals surface area (Å²) in [5, 5.41) is 9.45. The van der Waals surface area contributed by atoms with Crippen LogP contribution in [0.3, 0.4) is 0 Å². The molecule has 8 heteroatoms. The average Bonchev–Trinajstić information content (AvgIpc) is 2.77. The van der Waals surface area contributed by atoms with E-state index in [1.165, 1.54) is 6.20 Å². The molecule has 0 saturated heterocycles. The molecule has 6 nitrogen and oxygen atoms in total. The van der Waals surface area contributed by atoms with Crippen LogP contribution in [0.25, 0.3) is 11.0 Å². The molecule has 4 N–H and O–H groups in total. The highest BCUT2D eigenvalue weighted by Crippen LogP contribution is 2.15. The molecule has 102 valence electrons. The van der Waals surface area contributed by atoms with E-state index in [0.29, 0.717) is 11.0 Å². The Bertz CT molecular complexity index is 610. The first kappa shape index (κ1) is 13.3. The van der Waals surface area contributed by atoms with Crippen LogP contribution in [0.1, 0.15) is 16.1 Å². The van der Waals surface area contributed by atoms with Gasteiger partial charge in [0.2, 0.25) is 0 Å². The van der Waals surface area contributed by atoms with Gasteiger partial charge >= 0.3 is 0 Å². The van der Waals surface area contributed by atoms with E-state index in [4.69, 9.17) is 5.73 Å². The van der Waals surface area contributed by atoms with Crippen molar-refractivity contribution >= 4 is 16.9 Å². The SMILES string of the molecule is Cc1[nH]nc2ncc(C(=O)NCC(F)(F)CN)cc12. The van der Waals surface area contributed by atoms with E-state index in [2.05, 4.69) is 20.5 Å². The Hall–Kier alpha value is -2.09. The van der Waals surface area contributed by atoms with Gasteiger partial charge in [-0.15, -0.1) is 0 Å². The molecule has 0 radical (unpaired) electrons. The minimum absolute atomic E-state index is 0.199. The van der Waals surface area contributed by atoms with E-state index in [-0.39, 0.29) is 5.56 Å². The van der Waals surface area contributed by atoms with Crippen LogP contribution in [0.5, 0.6) is 0 Å². The zero-order chi connectivity index (χ0) is 14.0. The molecule has 2 heterocycles. The fourth-order valence-corrected chi connectivity index (χ4v) is 1.53. The fraction of sp³-hybridized carbons (Fsp3) is 0.364. The monoisotopic (exact) mass is 269 g/mol. The molecule has 0 fully saturated rings. The van der Waals surface area contributed by atoms with Crippen molar-refractivity contribution in [3.8, 4) is 0 Å². The normalized spacial score (nSPS) is 11.8. The van der Waals surface area contributed by atoms with Crippen molar-refractivity contribution in [2.45, 2.75) is 12.8 Å². The van der Waals surface area contributed by atoms with Crippen molar-refractivity contribution in [1.82, 2.24) is 20.5 Å². The number of nitrogens with two attached hydrogens (primary N) is 1. The second-order valence-electron chi connectivity index (χ2n) is 4.19. The molecule has 1 amide bonds. The van der Waals surface area contributed by atoms with Gasteiger partial charge in [0.15, 0.2) is 5.65 Å². The maximum Gasteiger partial charge on any atom is 0.277 e. The van der Waals surface area contributed by atoms with Crippen LogP contribution in [-0.2, 0) is 0 Å². The first-order valence-corrected chi connectivity index (χ1v) is 5.60. The second-order valence-corrected chi connectivity index (χ2v) is 4.19. The van der Waals surface area contributed by atoms with E-state index in [1.54, 1.807) is 13.0 Å². The van der Waals surface area contributed by atoms with Crippen molar-refractivity contribution in [1.29, 1.82) is 0 Å². The Labute approximate surface area is 107 Å². The van der Waals surface area contributed by atoms with Gasteiger partial charge in [-0.1, -0.05) is 0 Å². The standard InChI is InChI=1S/C11H13F2N5O/c1-6-8-2-7(3-15-9(8)18-17-6)10(19)16-5-11(12,13)4-14/h2-3H,4-5,14H2,1H3,(H,16,19)(H,15,17,18). The molecular formula is C11H13F2N5O. The molecule has 0 aromatic carbocycles. The largest absolute Gasteiger partial charge is 0.346 e. The van der Waals surface area contributed by atoms with Crippen molar-refractivity contribution in [2.24, 2.45) is 5.73 Å². The number of amides is 1. The number of pyridine rings is 1. The average molecular weight is 269 g/mol. The number of alkyl halides is 2. The van der Waals surface area contributed by atoms with Gasteiger partial charge in [-0.05, 0) is 13.0 Å². The number of carbonyl (C=O) groups excluding carboxylic acids is 1. The van der Waals surface area contributed by atoms with Crippen molar-refractivity contribution in [3.63, 3.8) is 0 Å². The third-order valence-corrected chi connectivity index (χ3v) is 2.67. The van der Waals surface area contributed by atoms with Crippen LogP contribution >= 0.6 is 0 Å². The lowest BCUT2D eigenvalue weighted by Gasteiger charge is -2.14. The number of fused-ring (bicyclic) bond motifs is 1. The molecule has 0 unspecified atom stereocenters. The van der Waals surface area contributed by atoms with E-state index in [0.717, 1.165) is 5.69 Å². The highest BCUT2D eigenvalue weighted by molar-refractivity contribution is 5.97. The van der Waals surface area contributed by atoms with Gasteiger partial charge in [0.25, 0.3) is 11.8 Å². The van der Waals surface area contributed by atoms with Crippen LogP contribution in [-0.4, -0.2) is 40.1 Å². The number of aromatic nitrogens is 3. The highest BCUT2D eigenvalue weighted by Gasteiger charge is 2.27. The summed E-state index contributed by atoms with van der Waals surface area (Å²) in [5.41, 5.74) is 6.31. The van der Waals surface area contributed by atoms with Crippen LogP contribution in [0.2, 0.25) is 0 Å². The zero-order valence-corrected chi connectivity index (χ0v) is 10.2. The number of rotatable bonds is 4. The molecule has 19 heavy (non-hydrogen) atoms. The number of carbonyl (C=O) groups is 1. The van der Waals surface area contributed by atoms with E-state index in [9.17, 15) is 13.6 Å². The second kappa shape index (κ2) is 4.88. The Morgan fingerprint density at radius 3 is 3.00 bits per heavy atom. The number of hydrogen-bond acceptors (Lipinski definition) is 4.